The second-order valence-electron chi connectivity index (χ2n) is 6.98. The molecule has 0 radical (unpaired) electrons. The summed E-state index contributed by atoms with van der Waals surface area (Å²) in [4.78, 5) is 6.98. The van der Waals surface area contributed by atoms with Gasteiger partial charge < -0.3 is 10.2 Å². The van der Waals surface area contributed by atoms with Gasteiger partial charge in [-0.1, -0.05) is 26.0 Å². The van der Waals surface area contributed by atoms with Crippen LogP contribution in [0, 0.1) is 11.8 Å². The molecule has 1 aliphatic rings. The standard InChI is InChI=1S/C18H30N4O2S/c1-14(2)11-16-9-10-22(13-16)18(19-3)21-12-15-5-7-17(8-6-15)25(23,24)20-4/h5-8,14,16,20H,9-13H2,1-4H3,(H,19,21). The van der Waals surface area contributed by atoms with E-state index in [2.05, 4.69) is 33.8 Å². The van der Waals surface area contributed by atoms with Gasteiger partial charge in [-0.15, -0.1) is 0 Å². The zero-order chi connectivity index (χ0) is 18.4. The topological polar surface area (TPSA) is 73.8 Å². The highest BCUT2D eigenvalue weighted by molar-refractivity contribution is 7.89. The lowest BCUT2D eigenvalue weighted by molar-refractivity contribution is 0.403. The molecular weight excluding hydrogens is 336 g/mol. The van der Waals surface area contributed by atoms with E-state index in [4.69, 9.17) is 0 Å². The van der Waals surface area contributed by atoms with Crippen LogP contribution in [0.25, 0.3) is 0 Å². The maximum atomic E-state index is 11.8. The first kappa shape index (κ1) is 19.7. The molecule has 1 saturated heterocycles. The first-order chi connectivity index (χ1) is 11.9. The zero-order valence-electron chi connectivity index (χ0n) is 15.6. The quantitative estimate of drug-likeness (QED) is 0.597. The molecule has 0 aliphatic carbocycles. The lowest BCUT2D eigenvalue weighted by Gasteiger charge is -2.22. The molecule has 0 amide bonds. The summed E-state index contributed by atoms with van der Waals surface area (Å²) in [6.45, 7) is 7.26. The van der Waals surface area contributed by atoms with Crippen molar-refractivity contribution in [1.82, 2.24) is 14.9 Å². The maximum Gasteiger partial charge on any atom is 0.240 e. The number of nitrogens with one attached hydrogen (secondary N) is 2. The monoisotopic (exact) mass is 366 g/mol. The molecule has 0 spiro atoms. The van der Waals surface area contributed by atoms with Gasteiger partial charge in [0, 0.05) is 26.7 Å². The van der Waals surface area contributed by atoms with Crippen LogP contribution in [-0.4, -0.2) is 46.5 Å². The highest BCUT2D eigenvalue weighted by atomic mass is 32.2. The zero-order valence-corrected chi connectivity index (χ0v) is 16.4. The summed E-state index contributed by atoms with van der Waals surface area (Å²) < 4.78 is 25.8. The Kier molecular flexibility index (Phi) is 6.84. The first-order valence-corrected chi connectivity index (χ1v) is 10.3. The summed E-state index contributed by atoms with van der Waals surface area (Å²) in [5, 5.41) is 3.38. The van der Waals surface area contributed by atoms with Crippen LogP contribution in [0.15, 0.2) is 34.2 Å². The lowest BCUT2D eigenvalue weighted by atomic mass is 9.97. The number of sulfonamides is 1. The molecule has 6 nitrogen and oxygen atoms in total. The fraction of sp³-hybridized carbons (Fsp3) is 0.611. The second-order valence-corrected chi connectivity index (χ2v) is 8.87. The van der Waals surface area contributed by atoms with Crippen molar-refractivity contribution in [3.05, 3.63) is 29.8 Å². The van der Waals surface area contributed by atoms with Gasteiger partial charge in [0.1, 0.15) is 0 Å². The van der Waals surface area contributed by atoms with Crippen molar-refractivity contribution in [2.24, 2.45) is 16.8 Å². The van der Waals surface area contributed by atoms with Crippen molar-refractivity contribution in [3.8, 4) is 0 Å². The number of guanidine groups is 1. The Morgan fingerprint density at radius 2 is 2.00 bits per heavy atom. The van der Waals surface area contributed by atoms with Gasteiger partial charge in [-0.25, -0.2) is 13.1 Å². The van der Waals surface area contributed by atoms with Crippen LogP contribution in [0.4, 0.5) is 0 Å². The van der Waals surface area contributed by atoms with E-state index >= 15 is 0 Å². The Balaban J connectivity index is 1.91. The Hall–Kier alpha value is -1.60. The highest BCUT2D eigenvalue weighted by Crippen LogP contribution is 2.23. The molecule has 0 bridgehead atoms. The Morgan fingerprint density at radius 1 is 1.32 bits per heavy atom. The van der Waals surface area contributed by atoms with Gasteiger partial charge >= 0.3 is 0 Å². The molecule has 1 aromatic carbocycles. The Labute approximate surface area is 151 Å². The van der Waals surface area contributed by atoms with Crippen molar-refractivity contribution in [3.63, 3.8) is 0 Å². The molecular formula is C18H30N4O2S. The first-order valence-electron chi connectivity index (χ1n) is 8.83. The fourth-order valence-electron chi connectivity index (χ4n) is 3.30. The maximum absolute atomic E-state index is 11.8. The van der Waals surface area contributed by atoms with Gasteiger partial charge in [-0.2, -0.15) is 0 Å². The average molecular weight is 367 g/mol. The number of hydrogen-bond acceptors (Lipinski definition) is 3. The predicted octanol–water partition coefficient (Wildman–Crippen LogP) is 2.04. The second kappa shape index (κ2) is 8.67. The molecule has 0 aromatic heterocycles. The van der Waals surface area contributed by atoms with Crippen LogP contribution >= 0.6 is 0 Å². The van der Waals surface area contributed by atoms with E-state index in [1.165, 1.54) is 19.9 Å². The fourth-order valence-corrected chi connectivity index (χ4v) is 4.03. The van der Waals surface area contributed by atoms with Gasteiger partial charge in [0.2, 0.25) is 10.0 Å². The van der Waals surface area contributed by atoms with Gasteiger partial charge in [0.15, 0.2) is 5.96 Å². The van der Waals surface area contributed by atoms with Crippen molar-refractivity contribution >= 4 is 16.0 Å². The molecule has 25 heavy (non-hydrogen) atoms. The molecule has 2 N–H and O–H groups in total. The van der Waals surface area contributed by atoms with E-state index in [0.29, 0.717) is 6.54 Å². The molecule has 1 heterocycles. The Morgan fingerprint density at radius 3 is 2.56 bits per heavy atom. The minimum Gasteiger partial charge on any atom is -0.352 e. The Bertz CT molecular complexity index is 684. The summed E-state index contributed by atoms with van der Waals surface area (Å²) in [6, 6.07) is 6.91. The molecule has 7 heteroatoms. The molecule has 0 saturated carbocycles. The van der Waals surface area contributed by atoms with Gasteiger partial charge in [-0.3, -0.25) is 4.99 Å². The van der Waals surface area contributed by atoms with E-state index in [-0.39, 0.29) is 4.90 Å². The van der Waals surface area contributed by atoms with Crippen LogP contribution in [0.3, 0.4) is 0 Å². The van der Waals surface area contributed by atoms with Crippen LogP contribution in [-0.2, 0) is 16.6 Å². The molecule has 1 unspecified atom stereocenters. The summed E-state index contributed by atoms with van der Waals surface area (Å²) in [7, 11) is -0.162. The van der Waals surface area contributed by atoms with Crippen molar-refractivity contribution in [1.29, 1.82) is 0 Å². The number of hydrogen-bond donors (Lipinski definition) is 2. The van der Waals surface area contributed by atoms with Crippen LogP contribution in [0.5, 0.6) is 0 Å². The minimum atomic E-state index is -3.38. The van der Waals surface area contributed by atoms with E-state index in [1.807, 2.05) is 12.1 Å². The summed E-state index contributed by atoms with van der Waals surface area (Å²) in [5.41, 5.74) is 1.02. The van der Waals surface area contributed by atoms with Crippen molar-refractivity contribution in [2.45, 2.75) is 38.1 Å². The summed E-state index contributed by atoms with van der Waals surface area (Å²) >= 11 is 0. The lowest BCUT2D eigenvalue weighted by Crippen LogP contribution is -2.39. The van der Waals surface area contributed by atoms with Crippen LogP contribution < -0.4 is 10.0 Å². The number of likely N-dealkylation sites (tertiary alicyclic amines) is 1. The minimum absolute atomic E-state index is 0.277. The number of rotatable bonds is 6. The van der Waals surface area contributed by atoms with Gasteiger partial charge in [-0.05, 0) is 49.4 Å². The molecule has 1 fully saturated rings. The van der Waals surface area contributed by atoms with E-state index < -0.39 is 10.0 Å². The predicted molar refractivity (Wildman–Crippen MR) is 102 cm³/mol. The number of aliphatic imine (C=N–C) groups is 1. The van der Waals surface area contributed by atoms with E-state index in [9.17, 15) is 8.42 Å². The van der Waals surface area contributed by atoms with E-state index in [1.54, 1.807) is 19.2 Å². The third-order valence-corrected chi connectivity index (χ3v) is 5.99. The SMILES string of the molecule is CN=C(NCc1ccc(S(=O)(=O)NC)cc1)N1CCC(CC(C)C)C1. The smallest absolute Gasteiger partial charge is 0.240 e. The van der Waals surface area contributed by atoms with Crippen molar-refractivity contribution in [2.75, 3.05) is 27.2 Å². The highest BCUT2D eigenvalue weighted by Gasteiger charge is 2.25. The normalized spacial score (nSPS) is 18.8. The average Bonchev–Trinajstić information content (AvgIpc) is 3.03. The third-order valence-electron chi connectivity index (χ3n) is 4.55. The molecule has 1 aliphatic heterocycles. The largest absolute Gasteiger partial charge is 0.352 e. The van der Waals surface area contributed by atoms with Gasteiger partial charge in [0.05, 0.1) is 4.90 Å². The molecule has 140 valence electrons. The molecule has 1 aromatic rings. The van der Waals surface area contributed by atoms with Gasteiger partial charge in [0.25, 0.3) is 0 Å². The third kappa shape index (κ3) is 5.44. The van der Waals surface area contributed by atoms with Crippen LogP contribution in [0.1, 0.15) is 32.3 Å². The van der Waals surface area contributed by atoms with Crippen molar-refractivity contribution < 1.29 is 8.42 Å². The molecule has 1 atom stereocenters. The molecule has 2 rings (SSSR count). The van der Waals surface area contributed by atoms with E-state index in [0.717, 1.165) is 36.4 Å². The van der Waals surface area contributed by atoms with Crippen LogP contribution in [0.2, 0.25) is 0 Å². The number of benzene rings is 1. The summed E-state index contributed by atoms with van der Waals surface area (Å²) in [5.74, 6) is 2.38. The number of nitrogens with zero attached hydrogens (tertiary/aromatic N) is 2. The summed E-state index contributed by atoms with van der Waals surface area (Å²) in [6.07, 6.45) is 2.48.